The standard InChI is InChI=1S/C47H40N2O10S/c1-27-21-32(55-2)14-17-34(27)41-35-16-11-30(50)23-38(35)59-39-24-33(15-18-36(39)41)57-25-29-9-12-31(13-10-29)58-26-37-42(43(52)53)49-44(54)47(56-3,45(49)60-46(37)19-20-46)48-40(51)22-28-7-5-4-6-8-28/h4-18,21,23-24,45H,19-20,22,25-26H2,1-3H3,(H,48,51)(H,52,53)/t45-,47+/m1/s1. The average molecular weight is 825 g/mol. The molecule has 2 amide bonds. The topological polar surface area (TPSA) is 154 Å². The molecule has 5 aliphatic rings. The Morgan fingerprint density at radius 1 is 0.833 bits per heavy atom. The molecule has 2 atom stereocenters. The Morgan fingerprint density at radius 3 is 2.25 bits per heavy atom. The van der Waals surface area contributed by atoms with Crippen LogP contribution in [0.1, 0.15) is 29.5 Å². The Kier molecular flexibility index (Phi) is 9.88. The van der Waals surface area contributed by atoms with Gasteiger partial charge in [0.15, 0.2) is 5.43 Å². The number of carbonyl (C=O) groups is 3. The van der Waals surface area contributed by atoms with Crippen molar-refractivity contribution in [2.75, 3.05) is 20.8 Å². The summed E-state index contributed by atoms with van der Waals surface area (Å²) in [7, 11) is 2.98. The van der Waals surface area contributed by atoms with E-state index in [-0.39, 0.29) is 30.8 Å². The van der Waals surface area contributed by atoms with Crippen molar-refractivity contribution in [1.82, 2.24) is 10.2 Å². The highest BCUT2D eigenvalue weighted by atomic mass is 32.2. The van der Waals surface area contributed by atoms with E-state index in [1.165, 1.54) is 35.9 Å². The van der Waals surface area contributed by atoms with E-state index in [9.17, 15) is 24.3 Å². The zero-order valence-electron chi connectivity index (χ0n) is 33.0. The van der Waals surface area contributed by atoms with Gasteiger partial charge in [0.1, 0.15) is 52.9 Å². The van der Waals surface area contributed by atoms with E-state index in [4.69, 9.17) is 23.4 Å². The van der Waals surface area contributed by atoms with Crippen LogP contribution in [-0.2, 0) is 32.1 Å². The third-order valence-corrected chi connectivity index (χ3v) is 13.2. The maximum atomic E-state index is 13.7. The Labute approximate surface area is 349 Å². The lowest BCUT2D eigenvalue weighted by Gasteiger charge is -2.57. The van der Waals surface area contributed by atoms with Crippen LogP contribution in [-0.4, -0.2) is 64.5 Å². The molecule has 2 fully saturated rings. The summed E-state index contributed by atoms with van der Waals surface area (Å²) in [4.78, 5) is 53.2. The van der Waals surface area contributed by atoms with E-state index in [0.717, 1.165) is 44.5 Å². The number of methoxy groups -OCH3 is 2. The SMILES string of the molecule is COc1ccc(-c2c3ccc(=O)cc-3oc3cc(OCc4ccc(OCC5=C(C(=O)O)N6C(=O)[C@](NC(=O)Cc7ccccc7)(OC)[C@H]6SC56CC6)cc4)ccc23)c(C)c1. The smallest absolute Gasteiger partial charge is 0.352 e. The molecule has 0 radical (unpaired) electrons. The quantitative estimate of drug-likeness (QED) is 0.0684. The van der Waals surface area contributed by atoms with Crippen LogP contribution in [0.25, 0.3) is 33.4 Å². The number of ether oxygens (including phenoxy) is 4. The molecule has 2 N–H and O–H groups in total. The molecule has 4 aromatic carbocycles. The third-order valence-electron chi connectivity index (χ3n) is 11.4. The minimum absolute atomic E-state index is 0.0392. The van der Waals surface area contributed by atoms with Crippen molar-refractivity contribution >= 4 is 40.5 Å². The van der Waals surface area contributed by atoms with Crippen LogP contribution in [0, 0.1) is 6.92 Å². The number of aliphatic carboxylic acids is 1. The summed E-state index contributed by atoms with van der Waals surface area (Å²) < 4.78 is 29.2. The van der Waals surface area contributed by atoms with E-state index in [2.05, 4.69) is 5.32 Å². The Balaban J connectivity index is 0.898. The molecule has 1 saturated carbocycles. The molecule has 0 aromatic heterocycles. The molecule has 304 valence electrons. The molecular formula is C47H40N2O10S. The zero-order valence-corrected chi connectivity index (χ0v) is 33.8. The first kappa shape index (κ1) is 38.9. The van der Waals surface area contributed by atoms with Crippen molar-refractivity contribution in [2.45, 2.75) is 48.6 Å². The fourth-order valence-electron chi connectivity index (χ4n) is 8.14. The minimum atomic E-state index is -1.69. The van der Waals surface area contributed by atoms with Gasteiger partial charge in [-0.05, 0) is 90.6 Å². The van der Waals surface area contributed by atoms with Gasteiger partial charge in [-0.1, -0.05) is 48.5 Å². The molecule has 3 aliphatic heterocycles. The number of amides is 2. The van der Waals surface area contributed by atoms with Crippen LogP contribution in [0.15, 0.2) is 130 Å². The van der Waals surface area contributed by atoms with Gasteiger partial charge in [0.2, 0.25) is 5.91 Å². The second-order valence-electron chi connectivity index (χ2n) is 15.1. The number of nitrogens with one attached hydrogen (secondary N) is 1. The highest BCUT2D eigenvalue weighted by molar-refractivity contribution is 8.02. The van der Waals surface area contributed by atoms with Crippen molar-refractivity contribution < 1.29 is 42.9 Å². The van der Waals surface area contributed by atoms with Gasteiger partial charge < -0.3 is 33.8 Å². The van der Waals surface area contributed by atoms with E-state index in [0.29, 0.717) is 41.3 Å². The second kappa shape index (κ2) is 15.2. The van der Waals surface area contributed by atoms with Crippen LogP contribution in [0.4, 0.5) is 0 Å². The van der Waals surface area contributed by atoms with Gasteiger partial charge >= 0.3 is 5.97 Å². The molecule has 3 heterocycles. The molecule has 13 heteroatoms. The Bertz CT molecular complexity index is 2740. The van der Waals surface area contributed by atoms with E-state index in [1.807, 2.05) is 85.8 Å². The lowest BCUT2D eigenvalue weighted by Crippen LogP contribution is -2.81. The van der Waals surface area contributed by atoms with E-state index < -0.39 is 33.6 Å². The average Bonchev–Trinajstić information content (AvgIpc) is 4.03. The normalized spacial score (nSPS) is 18.9. The molecule has 4 aromatic rings. The number of nitrogens with zero attached hydrogens (tertiary/aromatic N) is 1. The summed E-state index contributed by atoms with van der Waals surface area (Å²) in [6, 6.07) is 32.8. The summed E-state index contributed by atoms with van der Waals surface area (Å²) in [6.07, 6.45) is 1.43. The molecule has 1 saturated heterocycles. The molecule has 2 aliphatic carbocycles. The molecule has 1 spiro atoms. The van der Waals surface area contributed by atoms with Gasteiger partial charge in [-0.2, -0.15) is 0 Å². The number of carboxylic acids is 1. The predicted molar refractivity (Wildman–Crippen MR) is 225 cm³/mol. The largest absolute Gasteiger partial charge is 0.497 e. The number of fused-ring (bicyclic) bond motifs is 3. The first-order chi connectivity index (χ1) is 29.0. The van der Waals surface area contributed by atoms with Gasteiger partial charge in [0.25, 0.3) is 11.6 Å². The first-order valence-corrected chi connectivity index (χ1v) is 20.3. The van der Waals surface area contributed by atoms with Gasteiger partial charge in [-0.3, -0.25) is 19.3 Å². The lowest BCUT2D eigenvalue weighted by atomic mass is 9.91. The number of benzene rings is 5. The number of carboxylic acid groups (broad SMARTS) is 1. The minimum Gasteiger partial charge on any atom is -0.497 e. The molecule has 12 nitrogen and oxygen atoms in total. The van der Waals surface area contributed by atoms with E-state index >= 15 is 0 Å². The molecule has 60 heavy (non-hydrogen) atoms. The molecule has 0 bridgehead atoms. The highest BCUT2D eigenvalue weighted by Crippen LogP contribution is 2.64. The lowest BCUT2D eigenvalue weighted by molar-refractivity contribution is -0.192. The predicted octanol–water partition coefficient (Wildman–Crippen LogP) is 7.33. The maximum Gasteiger partial charge on any atom is 0.352 e. The van der Waals surface area contributed by atoms with Crippen LogP contribution in [0.5, 0.6) is 17.2 Å². The monoisotopic (exact) mass is 824 g/mol. The summed E-state index contributed by atoms with van der Waals surface area (Å²) in [5, 5.41) is 13.3. The number of carbonyl (C=O) groups excluding carboxylic acids is 2. The summed E-state index contributed by atoms with van der Waals surface area (Å²) >= 11 is 1.43. The number of aryl methyl sites for hydroxylation is 1. The van der Waals surface area contributed by atoms with Crippen molar-refractivity contribution in [1.29, 1.82) is 0 Å². The number of β-lactam (4-membered cyclic amide) rings is 1. The second-order valence-corrected chi connectivity index (χ2v) is 16.6. The van der Waals surface area contributed by atoms with Crippen LogP contribution in [0.3, 0.4) is 0 Å². The van der Waals surface area contributed by atoms with Crippen LogP contribution >= 0.6 is 11.8 Å². The maximum absolute atomic E-state index is 13.7. The number of hydrogen-bond donors (Lipinski definition) is 2. The van der Waals surface area contributed by atoms with Gasteiger partial charge in [-0.15, -0.1) is 11.8 Å². The number of hydrogen-bond acceptors (Lipinski definition) is 10. The Morgan fingerprint density at radius 2 is 1.55 bits per heavy atom. The number of rotatable bonds is 13. The van der Waals surface area contributed by atoms with E-state index in [1.54, 1.807) is 25.3 Å². The summed E-state index contributed by atoms with van der Waals surface area (Å²) in [6.45, 7) is 2.22. The molecule has 0 unspecified atom stereocenters. The van der Waals surface area contributed by atoms with Crippen molar-refractivity contribution in [3.05, 3.63) is 147 Å². The third kappa shape index (κ3) is 6.83. The highest BCUT2D eigenvalue weighted by Gasteiger charge is 2.71. The summed E-state index contributed by atoms with van der Waals surface area (Å²) in [5.41, 5.74) is 4.52. The molecular weight excluding hydrogens is 785 g/mol. The van der Waals surface area contributed by atoms with Crippen molar-refractivity contribution in [2.24, 2.45) is 0 Å². The van der Waals surface area contributed by atoms with Gasteiger partial charge in [-0.25, -0.2) is 4.79 Å². The van der Waals surface area contributed by atoms with Crippen molar-refractivity contribution in [3.63, 3.8) is 0 Å². The molecule has 9 rings (SSSR count). The first-order valence-electron chi connectivity index (χ1n) is 19.4. The van der Waals surface area contributed by atoms with Gasteiger partial charge in [0, 0.05) is 46.1 Å². The fraction of sp³-hybridized carbons (Fsp3) is 0.234. The number of thioether (sulfide) groups is 1. The fourth-order valence-corrected chi connectivity index (χ4v) is 9.93. The van der Waals surface area contributed by atoms with Crippen LogP contribution < -0.4 is 25.0 Å². The Hall–Kier alpha value is -6.57. The van der Waals surface area contributed by atoms with Crippen LogP contribution in [0.2, 0.25) is 0 Å². The van der Waals surface area contributed by atoms with Gasteiger partial charge in [0.05, 0.1) is 13.5 Å². The summed E-state index contributed by atoms with van der Waals surface area (Å²) in [5.74, 6) is 0.0278. The van der Waals surface area contributed by atoms with Crippen molar-refractivity contribution in [3.8, 4) is 39.7 Å². The zero-order chi connectivity index (χ0) is 41.8.